The summed E-state index contributed by atoms with van der Waals surface area (Å²) in [5, 5.41) is 0. The maximum atomic E-state index is 4.24. The molecule has 2 rings (SSSR count). The predicted molar refractivity (Wildman–Crippen MR) is 67.2 cm³/mol. The van der Waals surface area contributed by atoms with Crippen molar-refractivity contribution in [3.05, 3.63) is 42.9 Å². The first-order valence-electron chi connectivity index (χ1n) is 5.97. The van der Waals surface area contributed by atoms with Gasteiger partial charge in [0.25, 0.3) is 0 Å². The van der Waals surface area contributed by atoms with Gasteiger partial charge in [-0.15, -0.1) is 0 Å². The summed E-state index contributed by atoms with van der Waals surface area (Å²) in [6.07, 6.45) is 7.65. The predicted octanol–water partition coefficient (Wildman–Crippen LogP) is 3.74. The van der Waals surface area contributed by atoms with Crippen molar-refractivity contribution in [3.63, 3.8) is 0 Å². The van der Waals surface area contributed by atoms with Gasteiger partial charge in [-0.2, -0.15) is 0 Å². The van der Waals surface area contributed by atoms with Crippen molar-refractivity contribution in [2.24, 2.45) is 0 Å². The van der Waals surface area contributed by atoms with Crippen molar-refractivity contribution in [1.29, 1.82) is 0 Å². The molecule has 0 amide bonds. The Labute approximate surface area is 97.0 Å². The van der Waals surface area contributed by atoms with E-state index in [1.807, 2.05) is 18.6 Å². The van der Waals surface area contributed by atoms with Gasteiger partial charge in [0.2, 0.25) is 0 Å². The Morgan fingerprint density at radius 3 is 2.69 bits per heavy atom. The number of nitrogens with zero attached hydrogens (tertiary/aromatic N) is 2. The Morgan fingerprint density at radius 2 is 1.94 bits per heavy atom. The smallest absolute Gasteiger partial charge is 0.0950 e. The number of unbranched alkanes of at least 4 members (excludes halogenated alkanes) is 2. The lowest BCUT2D eigenvalue weighted by molar-refractivity contribution is 0.605. The summed E-state index contributed by atoms with van der Waals surface area (Å²) in [5.74, 6) is 0. The monoisotopic (exact) mass is 214 g/mol. The molecule has 1 aromatic heterocycles. The van der Waals surface area contributed by atoms with Crippen LogP contribution in [0.5, 0.6) is 0 Å². The van der Waals surface area contributed by atoms with E-state index in [9.17, 15) is 0 Å². The highest BCUT2D eigenvalue weighted by atomic mass is 15.0. The molecule has 1 heterocycles. The molecule has 0 aliphatic rings. The van der Waals surface area contributed by atoms with E-state index >= 15 is 0 Å². The third-order valence-electron chi connectivity index (χ3n) is 2.78. The number of aromatic nitrogens is 2. The van der Waals surface area contributed by atoms with Gasteiger partial charge in [-0.05, 0) is 12.0 Å². The van der Waals surface area contributed by atoms with E-state index in [2.05, 4.69) is 40.7 Å². The van der Waals surface area contributed by atoms with Crippen molar-refractivity contribution < 1.29 is 0 Å². The van der Waals surface area contributed by atoms with E-state index in [-0.39, 0.29) is 0 Å². The van der Waals surface area contributed by atoms with Crippen LogP contribution in [0.25, 0.3) is 11.3 Å². The van der Waals surface area contributed by atoms with E-state index in [1.54, 1.807) is 0 Å². The second-order valence-corrected chi connectivity index (χ2v) is 4.05. The van der Waals surface area contributed by atoms with Gasteiger partial charge in [0.15, 0.2) is 0 Å². The second kappa shape index (κ2) is 5.50. The van der Waals surface area contributed by atoms with E-state index in [0.717, 1.165) is 6.54 Å². The first-order valence-corrected chi connectivity index (χ1v) is 5.97. The zero-order valence-electron chi connectivity index (χ0n) is 9.76. The fourth-order valence-electron chi connectivity index (χ4n) is 1.88. The maximum absolute atomic E-state index is 4.24. The van der Waals surface area contributed by atoms with E-state index < -0.39 is 0 Å². The van der Waals surface area contributed by atoms with Crippen LogP contribution in [0.3, 0.4) is 0 Å². The molecule has 2 heteroatoms. The van der Waals surface area contributed by atoms with Crippen molar-refractivity contribution in [2.45, 2.75) is 32.7 Å². The first-order chi connectivity index (χ1) is 7.92. The van der Waals surface area contributed by atoms with Crippen molar-refractivity contribution in [1.82, 2.24) is 9.55 Å². The molecule has 0 aliphatic carbocycles. The molecular weight excluding hydrogens is 196 g/mol. The quantitative estimate of drug-likeness (QED) is 0.693. The van der Waals surface area contributed by atoms with Crippen LogP contribution in [0.1, 0.15) is 26.2 Å². The summed E-state index contributed by atoms with van der Waals surface area (Å²) in [6, 6.07) is 10.4. The SMILES string of the molecule is CCCCCn1cncc1-c1ccccc1. The van der Waals surface area contributed by atoms with Crippen molar-refractivity contribution in [3.8, 4) is 11.3 Å². The molecule has 0 unspecified atom stereocenters. The van der Waals surface area contributed by atoms with Gasteiger partial charge in [0, 0.05) is 6.54 Å². The van der Waals surface area contributed by atoms with E-state index in [1.165, 1.54) is 30.5 Å². The number of aryl methyl sites for hydroxylation is 1. The van der Waals surface area contributed by atoms with Gasteiger partial charge in [-0.25, -0.2) is 4.98 Å². The van der Waals surface area contributed by atoms with Crippen LogP contribution in [-0.4, -0.2) is 9.55 Å². The Balaban J connectivity index is 2.13. The molecular formula is C14H18N2. The number of imidazole rings is 1. The zero-order chi connectivity index (χ0) is 11.2. The van der Waals surface area contributed by atoms with Crippen molar-refractivity contribution in [2.75, 3.05) is 0 Å². The highest BCUT2D eigenvalue weighted by Crippen LogP contribution is 2.18. The van der Waals surface area contributed by atoms with Crippen molar-refractivity contribution >= 4 is 0 Å². The van der Waals surface area contributed by atoms with Crippen LogP contribution < -0.4 is 0 Å². The topological polar surface area (TPSA) is 17.8 Å². The first kappa shape index (κ1) is 10.9. The average Bonchev–Trinajstić information content (AvgIpc) is 2.79. The maximum Gasteiger partial charge on any atom is 0.0950 e. The fraction of sp³-hybridized carbons (Fsp3) is 0.357. The standard InChI is InChI=1S/C14H18N2/c1-2-3-7-10-16-12-15-11-14(16)13-8-5-4-6-9-13/h4-6,8-9,11-12H,2-3,7,10H2,1H3. The molecule has 0 N–H and O–H groups in total. The Bertz CT molecular complexity index is 417. The summed E-state index contributed by atoms with van der Waals surface area (Å²) in [4.78, 5) is 4.24. The summed E-state index contributed by atoms with van der Waals surface area (Å²) in [5.41, 5.74) is 2.47. The minimum absolute atomic E-state index is 1.07. The molecule has 0 bridgehead atoms. The number of benzene rings is 1. The molecule has 0 saturated carbocycles. The van der Waals surface area contributed by atoms with Crippen LogP contribution >= 0.6 is 0 Å². The van der Waals surface area contributed by atoms with Gasteiger partial charge in [-0.1, -0.05) is 50.1 Å². The van der Waals surface area contributed by atoms with Crippen LogP contribution in [0.4, 0.5) is 0 Å². The van der Waals surface area contributed by atoms with Crippen LogP contribution in [-0.2, 0) is 6.54 Å². The average molecular weight is 214 g/mol. The summed E-state index contributed by atoms with van der Waals surface area (Å²) in [6.45, 7) is 3.30. The van der Waals surface area contributed by atoms with Gasteiger partial charge >= 0.3 is 0 Å². The summed E-state index contributed by atoms with van der Waals surface area (Å²) < 4.78 is 2.24. The minimum Gasteiger partial charge on any atom is -0.331 e. The van der Waals surface area contributed by atoms with E-state index in [0.29, 0.717) is 0 Å². The number of hydrogen-bond donors (Lipinski definition) is 0. The molecule has 0 atom stereocenters. The molecule has 2 nitrogen and oxygen atoms in total. The molecule has 0 aliphatic heterocycles. The van der Waals surface area contributed by atoms with Gasteiger partial charge < -0.3 is 4.57 Å². The molecule has 84 valence electrons. The van der Waals surface area contributed by atoms with Crippen LogP contribution in [0.2, 0.25) is 0 Å². The normalized spacial score (nSPS) is 10.6. The Morgan fingerprint density at radius 1 is 1.12 bits per heavy atom. The highest BCUT2D eigenvalue weighted by molar-refractivity contribution is 5.58. The third-order valence-corrected chi connectivity index (χ3v) is 2.78. The summed E-state index contributed by atoms with van der Waals surface area (Å²) in [7, 11) is 0. The number of hydrogen-bond acceptors (Lipinski definition) is 1. The lowest BCUT2D eigenvalue weighted by Crippen LogP contribution is -1.98. The fourth-order valence-corrected chi connectivity index (χ4v) is 1.88. The zero-order valence-corrected chi connectivity index (χ0v) is 9.76. The second-order valence-electron chi connectivity index (χ2n) is 4.05. The van der Waals surface area contributed by atoms with Crippen LogP contribution in [0, 0.1) is 0 Å². The Hall–Kier alpha value is -1.57. The minimum atomic E-state index is 1.07. The molecule has 1 aromatic carbocycles. The number of rotatable bonds is 5. The highest BCUT2D eigenvalue weighted by Gasteiger charge is 2.03. The largest absolute Gasteiger partial charge is 0.331 e. The molecule has 0 fully saturated rings. The van der Waals surface area contributed by atoms with Crippen LogP contribution in [0.15, 0.2) is 42.9 Å². The van der Waals surface area contributed by atoms with E-state index in [4.69, 9.17) is 0 Å². The lowest BCUT2D eigenvalue weighted by atomic mass is 10.1. The summed E-state index contributed by atoms with van der Waals surface area (Å²) >= 11 is 0. The Kier molecular flexibility index (Phi) is 3.76. The third kappa shape index (κ3) is 2.51. The molecule has 2 aromatic rings. The lowest BCUT2D eigenvalue weighted by Gasteiger charge is -2.07. The molecule has 0 spiro atoms. The molecule has 0 radical (unpaired) electrons. The molecule has 16 heavy (non-hydrogen) atoms. The van der Waals surface area contributed by atoms with Gasteiger partial charge in [0.1, 0.15) is 0 Å². The van der Waals surface area contributed by atoms with Gasteiger partial charge in [-0.3, -0.25) is 0 Å². The van der Waals surface area contributed by atoms with Gasteiger partial charge in [0.05, 0.1) is 18.2 Å². The molecule has 0 saturated heterocycles.